The quantitative estimate of drug-likeness (QED) is 0.665. The van der Waals surface area contributed by atoms with E-state index in [0.717, 1.165) is 11.3 Å². The predicted octanol–water partition coefficient (Wildman–Crippen LogP) is 0.649. The molecular formula is C9H11N2O. The van der Waals surface area contributed by atoms with Gasteiger partial charge in [0.1, 0.15) is 0 Å². The number of carbonyl (C=O) groups excluding carboxylic acids is 1. The van der Waals surface area contributed by atoms with Gasteiger partial charge in [0.2, 0.25) is 0 Å². The van der Waals surface area contributed by atoms with Crippen molar-refractivity contribution in [3.63, 3.8) is 0 Å². The highest BCUT2D eigenvalue weighted by Gasteiger charge is 2.03. The molecule has 0 heterocycles. The molecule has 1 rings (SSSR count). The zero-order valence-electron chi connectivity index (χ0n) is 6.95. The predicted molar refractivity (Wildman–Crippen MR) is 48.4 cm³/mol. The Morgan fingerprint density at radius 1 is 1.50 bits per heavy atom. The SMILES string of the molecule is CN([C]=O)c1ccccc1CN. The number of para-hydroxylation sites is 1. The van der Waals surface area contributed by atoms with Gasteiger partial charge < -0.3 is 10.6 Å². The van der Waals surface area contributed by atoms with Crippen LogP contribution in [0.1, 0.15) is 5.56 Å². The van der Waals surface area contributed by atoms with E-state index in [1.54, 1.807) is 13.5 Å². The Morgan fingerprint density at radius 2 is 2.17 bits per heavy atom. The fourth-order valence-electron chi connectivity index (χ4n) is 1.06. The van der Waals surface area contributed by atoms with Gasteiger partial charge in [0, 0.05) is 19.3 Å². The van der Waals surface area contributed by atoms with Crippen molar-refractivity contribution in [2.75, 3.05) is 11.9 Å². The fourth-order valence-corrected chi connectivity index (χ4v) is 1.06. The van der Waals surface area contributed by atoms with Gasteiger partial charge in [-0.1, -0.05) is 18.2 Å². The van der Waals surface area contributed by atoms with Crippen molar-refractivity contribution in [2.24, 2.45) is 5.73 Å². The first-order valence-electron chi connectivity index (χ1n) is 3.69. The number of hydrogen-bond acceptors (Lipinski definition) is 2. The molecule has 0 saturated heterocycles. The van der Waals surface area contributed by atoms with E-state index in [0.29, 0.717) is 6.54 Å². The molecule has 0 unspecified atom stereocenters. The van der Waals surface area contributed by atoms with Crippen molar-refractivity contribution in [3.8, 4) is 0 Å². The van der Waals surface area contributed by atoms with Crippen LogP contribution in [0.5, 0.6) is 0 Å². The van der Waals surface area contributed by atoms with Gasteiger partial charge in [-0.2, -0.15) is 0 Å². The maximum Gasteiger partial charge on any atom is 0.316 e. The Balaban J connectivity index is 3.04. The number of benzene rings is 1. The first-order chi connectivity index (χ1) is 5.79. The van der Waals surface area contributed by atoms with Crippen molar-refractivity contribution >= 4 is 12.1 Å². The maximum absolute atomic E-state index is 10.3. The van der Waals surface area contributed by atoms with E-state index in [-0.39, 0.29) is 0 Å². The van der Waals surface area contributed by atoms with Crippen LogP contribution in [0.3, 0.4) is 0 Å². The molecule has 3 nitrogen and oxygen atoms in total. The molecule has 0 aromatic heterocycles. The van der Waals surface area contributed by atoms with Gasteiger partial charge in [0.05, 0.1) is 0 Å². The minimum Gasteiger partial charge on any atom is -0.326 e. The lowest BCUT2D eigenvalue weighted by molar-refractivity contribution is 0.554. The monoisotopic (exact) mass is 163 g/mol. The minimum absolute atomic E-state index is 0.433. The summed E-state index contributed by atoms with van der Waals surface area (Å²) in [6, 6.07) is 7.49. The Labute approximate surface area is 71.8 Å². The largest absolute Gasteiger partial charge is 0.326 e. The third-order valence-corrected chi connectivity index (χ3v) is 1.71. The van der Waals surface area contributed by atoms with E-state index in [4.69, 9.17) is 5.73 Å². The second-order valence-corrected chi connectivity index (χ2v) is 2.48. The van der Waals surface area contributed by atoms with Gasteiger partial charge in [-0.15, -0.1) is 0 Å². The minimum atomic E-state index is 0.433. The lowest BCUT2D eigenvalue weighted by atomic mass is 10.1. The molecule has 2 N–H and O–H groups in total. The average molecular weight is 163 g/mol. The van der Waals surface area contributed by atoms with Crippen LogP contribution >= 0.6 is 0 Å². The maximum atomic E-state index is 10.3. The van der Waals surface area contributed by atoms with Crippen molar-refractivity contribution in [2.45, 2.75) is 6.54 Å². The molecule has 0 aliphatic carbocycles. The third-order valence-electron chi connectivity index (χ3n) is 1.71. The highest BCUT2D eigenvalue weighted by atomic mass is 16.1. The van der Waals surface area contributed by atoms with Gasteiger partial charge in [-0.05, 0) is 11.6 Å². The Hall–Kier alpha value is -1.35. The molecular weight excluding hydrogens is 152 g/mol. The number of nitrogens with zero attached hydrogens (tertiary/aromatic N) is 1. The summed E-state index contributed by atoms with van der Waals surface area (Å²) in [7, 11) is 1.65. The summed E-state index contributed by atoms with van der Waals surface area (Å²) in [4.78, 5) is 11.7. The summed E-state index contributed by atoms with van der Waals surface area (Å²) < 4.78 is 0. The first kappa shape index (κ1) is 8.74. The first-order valence-corrected chi connectivity index (χ1v) is 3.69. The van der Waals surface area contributed by atoms with E-state index in [1.807, 2.05) is 24.3 Å². The molecule has 12 heavy (non-hydrogen) atoms. The van der Waals surface area contributed by atoms with Gasteiger partial charge in [0.15, 0.2) is 0 Å². The lowest BCUT2D eigenvalue weighted by Gasteiger charge is -2.13. The lowest BCUT2D eigenvalue weighted by Crippen LogP contribution is -2.16. The molecule has 0 fully saturated rings. The van der Waals surface area contributed by atoms with E-state index >= 15 is 0 Å². The number of amides is 1. The second kappa shape index (κ2) is 3.88. The molecule has 63 valence electrons. The molecule has 0 aliphatic heterocycles. The van der Waals surface area contributed by atoms with E-state index in [1.165, 1.54) is 4.90 Å². The van der Waals surface area contributed by atoms with Gasteiger partial charge >= 0.3 is 6.41 Å². The van der Waals surface area contributed by atoms with Gasteiger partial charge in [-0.3, -0.25) is 4.79 Å². The van der Waals surface area contributed by atoms with Crippen LogP contribution in [-0.4, -0.2) is 13.5 Å². The van der Waals surface area contributed by atoms with E-state index in [2.05, 4.69) is 0 Å². The zero-order chi connectivity index (χ0) is 8.97. The zero-order valence-corrected chi connectivity index (χ0v) is 6.95. The summed E-state index contributed by atoms with van der Waals surface area (Å²) in [6.07, 6.45) is 1.78. The Morgan fingerprint density at radius 3 is 2.75 bits per heavy atom. The van der Waals surface area contributed by atoms with Crippen LogP contribution in [0.25, 0.3) is 0 Å². The summed E-state index contributed by atoms with van der Waals surface area (Å²) >= 11 is 0. The van der Waals surface area contributed by atoms with E-state index in [9.17, 15) is 4.79 Å². The highest BCUT2D eigenvalue weighted by Crippen LogP contribution is 2.16. The third kappa shape index (κ3) is 1.62. The number of hydrogen-bond donors (Lipinski definition) is 1. The number of anilines is 1. The summed E-state index contributed by atoms with van der Waals surface area (Å²) in [6.45, 7) is 0.433. The summed E-state index contributed by atoms with van der Waals surface area (Å²) in [5, 5.41) is 0. The van der Waals surface area contributed by atoms with Crippen molar-refractivity contribution in [3.05, 3.63) is 29.8 Å². The highest BCUT2D eigenvalue weighted by molar-refractivity contribution is 5.76. The molecule has 0 atom stereocenters. The van der Waals surface area contributed by atoms with Gasteiger partial charge in [0.25, 0.3) is 0 Å². The molecule has 0 aliphatic rings. The van der Waals surface area contributed by atoms with Crippen LogP contribution in [0, 0.1) is 0 Å². The average Bonchev–Trinajstić information content (AvgIpc) is 2.16. The molecule has 1 amide bonds. The smallest absolute Gasteiger partial charge is 0.316 e. The van der Waals surface area contributed by atoms with E-state index < -0.39 is 0 Å². The van der Waals surface area contributed by atoms with Crippen molar-refractivity contribution < 1.29 is 4.79 Å². The van der Waals surface area contributed by atoms with Crippen LogP contribution in [0.2, 0.25) is 0 Å². The second-order valence-electron chi connectivity index (χ2n) is 2.48. The molecule has 1 aromatic rings. The molecule has 1 aromatic carbocycles. The van der Waals surface area contributed by atoms with Gasteiger partial charge in [-0.25, -0.2) is 0 Å². The van der Waals surface area contributed by atoms with Crippen molar-refractivity contribution in [1.82, 2.24) is 0 Å². The molecule has 0 bridgehead atoms. The molecule has 3 heteroatoms. The van der Waals surface area contributed by atoms with Crippen LogP contribution in [-0.2, 0) is 11.3 Å². The van der Waals surface area contributed by atoms with Crippen LogP contribution < -0.4 is 10.6 Å². The Kier molecular flexibility index (Phi) is 2.82. The topological polar surface area (TPSA) is 46.3 Å². The normalized spacial score (nSPS) is 9.50. The van der Waals surface area contributed by atoms with Crippen molar-refractivity contribution in [1.29, 1.82) is 0 Å². The standard InChI is InChI=1S/C9H11N2O/c1-11(7-12)9-5-3-2-4-8(9)6-10/h2-5H,6,10H2,1H3. The molecule has 0 spiro atoms. The Bertz CT molecular complexity index is 273. The molecule has 1 radical (unpaired) electrons. The number of rotatable bonds is 3. The van der Waals surface area contributed by atoms with Crippen LogP contribution in [0.15, 0.2) is 24.3 Å². The molecule has 0 saturated carbocycles. The fraction of sp³-hybridized carbons (Fsp3) is 0.222. The summed E-state index contributed by atoms with van der Waals surface area (Å²) in [5.74, 6) is 0. The summed E-state index contributed by atoms with van der Waals surface area (Å²) in [5.41, 5.74) is 7.25. The number of nitrogens with two attached hydrogens (primary N) is 1. The van der Waals surface area contributed by atoms with Crippen LogP contribution in [0.4, 0.5) is 5.69 Å².